The lowest BCUT2D eigenvalue weighted by atomic mass is 9.85. The molecule has 1 aliphatic heterocycles. The Kier molecular flexibility index (Phi) is 4.34. The first-order valence-corrected chi connectivity index (χ1v) is 10.9. The minimum Gasteiger partial charge on any atom is -0.399 e. The van der Waals surface area contributed by atoms with Crippen LogP contribution in [0.25, 0.3) is 33.4 Å². The van der Waals surface area contributed by atoms with E-state index in [0.29, 0.717) is 16.8 Å². The first kappa shape index (κ1) is 19.0. The summed E-state index contributed by atoms with van der Waals surface area (Å²) in [5.41, 5.74) is 17.6. The van der Waals surface area contributed by atoms with Gasteiger partial charge < -0.3 is 19.8 Å². The van der Waals surface area contributed by atoms with Gasteiger partial charge >= 0.3 is 10.4 Å². The largest absolute Gasteiger partial charge is 0.501 e. The van der Waals surface area contributed by atoms with Crippen LogP contribution < -0.4 is 19.8 Å². The predicted molar refractivity (Wildman–Crippen MR) is 122 cm³/mol. The fourth-order valence-electron chi connectivity index (χ4n) is 3.83. The second-order valence-electron chi connectivity index (χ2n) is 7.13. The van der Waals surface area contributed by atoms with Crippen LogP contribution in [0, 0.1) is 0 Å². The zero-order chi connectivity index (χ0) is 21.6. The minimum absolute atomic E-state index is 0.00893. The molecule has 1 heterocycles. The van der Waals surface area contributed by atoms with Crippen LogP contribution in [-0.4, -0.2) is 8.42 Å². The van der Waals surface area contributed by atoms with Gasteiger partial charge in [0, 0.05) is 22.4 Å². The van der Waals surface area contributed by atoms with Crippen LogP contribution in [0.4, 0.5) is 11.4 Å². The smallest absolute Gasteiger partial charge is 0.399 e. The Balaban J connectivity index is 1.97. The zero-order valence-electron chi connectivity index (χ0n) is 16.3. The molecule has 0 aromatic heterocycles. The number of nitrogen functional groups attached to an aromatic ring is 2. The molecular formula is C24H18N2O4S. The number of rotatable bonds is 3. The van der Waals surface area contributed by atoms with Gasteiger partial charge in [-0.05, 0) is 28.8 Å². The van der Waals surface area contributed by atoms with Crippen LogP contribution in [0.15, 0.2) is 84.9 Å². The normalized spacial score (nSPS) is 13.8. The van der Waals surface area contributed by atoms with Crippen molar-refractivity contribution in [2.45, 2.75) is 0 Å². The zero-order valence-corrected chi connectivity index (χ0v) is 17.1. The number of benzene rings is 4. The fraction of sp³-hybridized carbons (Fsp3) is 0. The average Bonchev–Trinajstić information content (AvgIpc) is 3.11. The maximum absolute atomic E-state index is 12.3. The molecule has 0 aliphatic carbocycles. The van der Waals surface area contributed by atoms with Gasteiger partial charge in [-0.3, -0.25) is 0 Å². The highest BCUT2D eigenvalue weighted by Gasteiger charge is 2.38. The number of anilines is 2. The van der Waals surface area contributed by atoms with Crippen LogP contribution in [-0.2, 0) is 10.4 Å². The number of nitrogens with two attached hydrogens (primary N) is 2. The molecule has 4 N–H and O–H groups in total. The number of hydrogen-bond donors (Lipinski definition) is 2. The molecular weight excluding hydrogens is 412 g/mol. The fourth-order valence-corrected chi connectivity index (χ4v) is 4.60. The molecule has 0 fully saturated rings. The molecule has 0 unspecified atom stereocenters. The van der Waals surface area contributed by atoms with Gasteiger partial charge in [0.15, 0.2) is 0 Å². The van der Waals surface area contributed by atoms with Crippen molar-refractivity contribution < 1.29 is 16.8 Å². The molecule has 0 saturated heterocycles. The van der Waals surface area contributed by atoms with Gasteiger partial charge in [-0.15, -0.1) is 8.42 Å². The summed E-state index contributed by atoms with van der Waals surface area (Å²) in [5.74, 6) is 0.0613. The Bertz CT molecular complexity index is 1390. The molecule has 0 atom stereocenters. The monoisotopic (exact) mass is 430 g/mol. The molecule has 5 rings (SSSR count). The van der Waals surface area contributed by atoms with Gasteiger partial charge in [0.05, 0.1) is 5.69 Å². The van der Waals surface area contributed by atoms with Gasteiger partial charge in [-0.1, -0.05) is 72.8 Å². The Morgan fingerprint density at radius 1 is 0.548 bits per heavy atom. The highest BCUT2D eigenvalue weighted by Crippen LogP contribution is 2.57. The first-order valence-electron chi connectivity index (χ1n) is 9.54. The van der Waals surface area contributed by atoms with Crippen molar-refractivity contribution in [1.29, 1.82) is 0 Å². The lowest BCUT2D eigenvalue weighted by Crippen LogP contribution is -2.08. The summed E-state index contributed by atoms with van der Waals surface area (Å²) >= 11 is 0. The third-order valence-electron chi connectivity index (χ3n) is 5.14. The molecule has 0 saturated carbocycles. The van der Waals surface area contributed by atoms with E-state index in [1.165, 1.54) is 0 Å². The van der Waals surface area contributed by atoms with Gasteiger partial charge in [-0.2, -0.15) is 0 Å². The number of fused-ring (bicyclic) bond motifs is 1. The van der Waals surface area contributed by atoms with Crippen molar-refractivity contribution in [3.63, 3.8) is 0 Å². The summed E-state index contributed by atoms with van der Waals surface area (Å²) in [6.07, 6.45) is 0. The van der Waals surface area contributed by atoms with Crippen LogP contribution in [0.5, 0.6) is 11.5 Å². The van der Waals surface area contributed by atoms with E-state index in [4.69, 9.17) is 19.8 Å². The quantitative estimate of drug-likeness (QED) is 0.450. The maximum atomic E-state index is 12.3. The molecule has 4 aromatic carbocycles. The molecule has 0 amide bonds. The van der Waals surface area contributed by atoms with Crippen molar-refractivity contribution >= 4 is 21.8 Å². The Morgan fingerprint density at radius 2 is 1.03 bits per heavy atom. The Morgan fingerprint density at radius 3 is 1.61 bits per heavy atom. The van der Waals surface area contributed by atoms with Crippen molar-refractivity contribution in [1.82, 2.24) is 0 Å². The summed E-state index contributed by atoms with van der Waals surface area (Å²) < 4.78 is 35.0. The summed E-state index contributed by atoms with van der Waals surface area (Å²) in [6.45, 7) is 0. The van der Waals surface area contributed by atoms with E-state index in [1.54, 1.807) is 12.1 Å². The molecule has 0 radical (unpaired) electrons. The van der Waals surface area contributed by atoms with Crippen LogP contribution in [0.3, 0.4) is 0 Å². The van der Waals surface area contributed by atoms with E-state index in [9.17, 15) is 8.42 Å². The average molecular weight is 430 g/mol. The van der Waals surface area contributed by atoms with Crippen molar-refractivity contribution in [3.05, 3.63) is 84.9 Å². The SMILES string of the molecule is Nc1ccc(-c2c3c(c(N)c(-c4ccccc4)c2-c2ccccc2)OS(=O)(=O)O3)cc1. The molecule has 0 bridgehead atoms. The van der Waals surface area contributed by atoms with E-state index in [1.807, 2.05) is 72.8 Å². The third kappa shape index (κ3) is 3.25. The van der Waals surface area contributed by atoms with Gasteiger partial charge in [0.1, 0.15) is 0 Å². The molecule has 4 aromatic rings. The molecule has 6 nitrogen and oxygen atoms in total. The second kappa shape index (κ2) is 7.07. The molecule has 154 valence electrons. The predicted octanol–water partition coefficient (Wildman–Crippen LogP) is 4.87. The summed E-state index contributed by atoms with van der Waals surface area (Å²) in [6, 6.07) is 26.3. The van der Waals surface area contributed by atoms with E-state index in [-0.39, 0.29) is 17.2 Å². The Hall–Kier alpha value is -3.97. The second-order valence-corrected chi connectivity index (χ2v) is 8.28. The van der Waals surface area contributed by atoms with Gasteiger partial charge in [0.25, 0.3) is 0 Å². The van der Waals surface area contributed by atoms with E-state index in [2.05, 4.69) is 0 Å². The van der Waals surface area contributed by atoms with Crippen LogP contribution in [0.1, 0.15) is 0 Å². The minimum atomic E-state index is -4.27. The molecule has 31 heavy (non-hydrogen) atoms. The molecule has 0 spiro atoms. The summed E-state index contributed by atoms with van der Waals surface area (Å²) in [4.78, 5) is 0. The lowest BCUT2D eigenvalue weighted by Gasteiger charge is -2.20. The maximum Gasteiger partial charge on any atom is 0.501 e. The highest BCUT2D eigenvalue weighted by molar-refractivity contribution is 7.82. The topological polar surface area (TPSA) is 105 Å². The third-order valence-corrected chi connectivity index (χ3v) is 5.88. The molecule has 1 aliphatic rings. The number of hydrogen-bond acceptors (Lipinski definition) is 6. The highest BCUT2D eigenvalue weighted by atomic mass is 32.3. The van der Waals surface area contributed by atoms with Crippen molar-refractivity contribution in [2.24, 2.45) is 0 Å². The van der Waals surface area contributed by atoms with E-state index < -0.39 is 10.4 Å². The summed E-state index contributed by atoms with van der Waals surface area (Å²) in [7, 11) is -4.27. The van der Waals surface area contributed by atoms with E-state index in [0.717, 1.165) is 22.3 Å². The summed E-state index contributed by atoms with van der Waals surface area (Å²) in [5, 5.41) is 0. The van der Waals surface area contributed by atoms with Crippen molar-refractivity contribution in [2.75, 3.05) is 11.5 Å². The Labute approximate surface area is 180 Å². The standard InChI is InChI=1S/C24H18N2O4S/c25-18-13-11-17(12-14-18)21-19(15-7-3-1-4-8-15)20(16-9-5-2-6-10-16)22(26)24-23(21)29-31(27,28)30-24/h1-14H,25-26H2. The van der Waals surface area contributed by atoms with Gasteiger partial charge in [0.2, 0.25) is 11.5 Å². The van der Waals surface area contributed by atoms with Gasteiger partial charge in [-0.25, -0.2) is 0 Å². The van der Waals surface area contributed by atoms with Crippen molar-refractivity contribution in [3.8, 4) is 44.9 Å². The lowest BCUT2D eigenvalue weighted by molar-refractivity contribution is 0.437. The van der Waals surface area contributed by atoms with Crippen LogP contribution in [0.2, 0.25) is 0 Å². The van der Waals surface area contributed by atoms with E-state index >= 15 is 0 Å². The first-order chi connectivity index (χ1) is 14.9. The molecule has 7 heteroatoms. The van der Waals surface area contributed by atoms with Crippen LogP contribution >= 0.6 is 0 Å².